The van der Waals surface area contributed by atoms with E-state index in [4.69, 9.17) is 0 Å². The van der Waals surface area contributed by atoms with Crippen LogP contribution in [0.1, 0.15) is 37.7 Å². The maximum Gasteiger partial charge on any atom is 0.223 e. The first-order valence-corrected chi connectivity index (χ1v) is 7.93. The van der Waals surface area contributed by atoms with Gasteiger partial charge in [-0.15, -0.1) is 0 Å². The second-order valence-electron chi connectivity index (χ2n) is 4.99. The lowest BCUT2D eigenvalue weighted by Crippen LogP contribution is -2.32. The number of rotatable bonds is 7. The van der Waals surface area contributed by atoms with Gasteiger partial charge in [-0.05, 0) is 31.7 Å². The zero-order valence-corrected chi connectivity index (χ0v) is 12.5. The van der Waals surface area contributed by atoms with E-state index in [2.05, 4.69) is 15.9 Å². The van der Waals surface area contributed by atoms with Crippen LogP contribution in [0.2, 0.25) is 0 Å². The molecule has 19 heavy (non-hydrogen) atoms. The predicted octanol–water partition coefficient (Wildman–Crippen LogP) is 3.88. The number of alkyl halides is 1. The van der Waals surface area contributed by atoms with E-state index in [1.807, 2.05) is 11.0 Å². The van der Waals surface area contributed by atoms with Gasteiger partial charge in [0.05, 0.1) is 0 Å². The van der Waals surface area contributed by atoms with Gasteiger partial charge in [0.2, 0.25) is 5.91 Å². The first kappa shape index (κ1) is 14.5. The number of amides is 1. The standard InChI is InChI=1S/C15H19BrFNO/c16-10-4-3-7-15(19)18(13-8-9-13)11-12-5-1-2-6-14(12)17/h1-2,5-6,13H,3-4,7-11H2. The summed E-state index contributed by atoms with van der Waals surface area (Å²) < 4.78 is 13.7. The third-order valence-corrected chi connectivity index (χ3v) is 3.94. The molecular weight excluding hydrogens is 309 g/mol. The summed E-state index contributed by atoms with van der Waals surface area (Å²) in [6.45, 7) is 0.407. The van der Waals surface area contributed by atoms with Crippen molar-refractivity contribution < 1.29 is 9.18 Å². The highest BCUT2D eigenvalue weighted by atomic mass is 79.9. The van der Waals surface area contributed by atoms with Crippen LogP contribution in [0, 0.1) is 5.82 Å². The molecule has 0 saturated heterocycles. The Kier molecular flexibility index (Phi) is 5.37. The van der Waals surface area contributed by atoms with Crippen molar-refractivity contribution in [2.24, 2.45) is 0 Å². The van der Waals surface area contributed by atoms with Crippen molar-refractivity contribution in [3.05, 3.63) is 35.6 Å². The molecular formula is C15H19BrFNO. The Morgan fingerprint density at radius 3 is 2.68 bits per heavy atom. The molecule has 0 bridgehead atoms. The van der Waals surface area contributed by atoms with E-state index in [9.17, 15) is 9.18 Å². The maximum atomic E-state index is 13.7. The Morgan fingerprint density at radius 2 is 2.05 bits per heavy atom. The molecule has 1 saturated carbocycles. The minimum atomic E-state index is -0.221. The summed E-state index contributed by atoms with van der Waals surface area (Å²) in [6, 6.07) is 7.04. The Bertz CT molecular complexity index is 434. The van der Waals surface area contributed by atoms with Crippen molar-refractivity contribution in [1.29, 1.82) is 0 Å². The van der Waals surface area contributed by atoms with E-state index >= 15 is 0 Å². The lowest BCUT2D eigenvalue weighted by atomic mass is 10.1. The third-order valence-electron chi connectivity index (χ3n) is 3.38. The molecule has 0 N–H and O–H groups in total. The van der Waals surface area contributed by atoms with E-state index in [1.165, 1.54) is 6.07 Å². The van der Waals surface area contributed by atoms with Crippen LogP contribution in [0.5, 0.6) is 0 Å². The van der Waals surface area contributed by atoms with Crippen LogP contribution in [0.3, 0.4) is 0 Å². The summed E-state index contributed by atoms with van der Waals surface area (Å²) in [6.07, 6.45) is 4.57. The average molecular weight is 328 g/mol. The van der Waals surface area contributed by atoms with Gasteiger partial charge < -0.3 is 4.90 Å². The number of hydrogen-bond donors (Lipinski definition) is 0. The number of unbranched alkanes of at least 4 members (excludes halogenated alkanes) is 1. The SMILES string of the molecule is O=C(CCCCBr)N(Cc1ccccc1F)C1CC1. The molecule has 0 unspecified atom stereocenters. The van der Waals surface area contributed by atoms with Crippen molar-refractivity contribution in [3.63, 3.8) is 0 Å². The third kappa shape index (κ3) is 4.30. The van der Waals surface area contributed by atoms with Crippen LogP contribution in [-0.2, 0) is 11.3 Å². The summed E-state index contributed by atoms with van der Waals surface area (Å²) in [7, 11) is 0. The minimum absolute atomic E-state index is 0.159. The summed E-state index contributed by atoms with van der Waals surface area (Å²) in [5.74, 6) is -0.0619. The largest absolute Gasteiger partial charge is 0.335 e. The molecule has 0 aliphatic heterocycles. The van der Waals surface area contributed by atoms with Gasteiger partial charge in [-0.2, -0.15) is 0 Å². The van der Waals surface area contributed by atoms with E-state index < -0.39 is 0 Å². The molecule has 1 aromatic carbocycles. The highest BCUT2D eigenvalue weighted by molar-refractivity contribution is 9.09. The quantitative estimate of drug-likeness (QED) is 0.549. The second kappa shape index (κ2) is 7.04. The molecule has 0 heterocycles. The molecule has 1 fully saturated rings. The molecule has 0 atom stereocenters. The molecule has 104 valence electrons. The Balaban J connectivity index is 1.96. The Morgan fingerprint density at radius 1 is 1.32 bits per heavy atom. The average Bonchev–Trinajstić information content (AvgIpc) is 3.22. The normalized spacial score (nSPS) is 14.4. The van der Waals surface area contributed by atoms with E-state index in [-0.39, 0.29) is 11.7 Å². The number of nitrogens with zero attached hydrogens (tertiary/aromatic N) is 1. The highest BCUT2D eigenvalue weighted by Crippen LogP contribution is 2.29. The van der Waals surface area contributed by atoms with E-state index in [0.717, 1.165) is 31.0 Å². The molecule has 1 amide bonds. The minimum Gasteiger partial charge on any atom is -0.335 e. The first-order valence-electron chi connectivity index (χ1n) is 6.81. The predicted molar refractivity (Wildman–Crippen MR) is 77.6 cm³/mol. The zero-order valence-electron chi connectivity index (χ0n) is 10.9. The molecule has 2 nitrogen and oxygen atoms in total. The second-order valence-corrected chi connectivity index (χ2v) is 5.78. The van der Waals surface area contributed by atoms with Gasteiger partial charge >= 0.3 is 0 Å². The highest BCUT2D eigenvalue weighted by Gasteiger charge is 2.32. The van der Waals surface area contributed by atoms with E-state index in [1.54, 1.807) is 12.1 Å². The summed E-state index contributed by atoms with van der Waals surface area (Å²) in [4.78, 5) is 14.1. The van der Waals surface area contributed by atoms with Gasteiger partial charge in [-0.1, -0.05) is 34.1 Å². The molecule has 0 aromatic heterocycles. The van der Waals surface area contributed by atoms with Crippen LogP contribution in [-0.4, -0.2) is 22.2 Å². The van der Waals surface area contributed by atoms with Gasteiger partial charge in [0.25, 0.3) is 0 Å². The molecule has 0 radical (unpaired) electrons. The fraction of sp³-hybridized carbons (Fsp3) is 0.533. The maximum absolute atomic E-state index is 13.7. The summed E-state index contributed by atoms with van der Waals surface area (Å²) in [5.41, 5.74) is 0.614. The van der Waals surface area contributed by atoms with Crippen molar-refractivity contribution in [3.8, 4) is 0 Å². The van der Waals surface area contributed by atoms with Crippen molar-refractivity contribution >= 4 is 21.8 Å². The zero-order chi connectivity index (χ0) is 13.7. The topological polar surface area (TPSA) is 20.3 Å². The number of benzene rings is 1. The smallest absolute Gasteiger partial charge is 0.223 e. The van der Waals surface area contributed by atoms with Crippen LogP contribution in [0.25, 0.3) is 0 Å². The molecule has 2 rings (SSSR count). The van der Waals surface area contributed by atoms with Crippen LogP contribution >= 0.6 is 15.9 Å². The van der Waals surface area contributed by atoms with E-state index in [0.29, 0.717) is 24.6 Å². The van der Waals surface area contributed by atoms with Gasteiger partial charge in [0.15, 0.2) is 0 Å². The fourth-order valence-corrected chi connectivity index (χ4v) is 2.53. The molecule has 1 aliphatic rings. The lowest BCUT2D eigenvalue weighted by Gasteiger charge is -2.23. The number of halogens is 2. The number of carbonyl (C=O) groups excluding carboxylic acids is 1. The number of hydrogen-bond acceptors (Lipinski definition) is 1. The van der Waals surface area contributed by atoms with Crippen LogP contribution in [0.4, 0.5) is 4.39 Å². The monoisotopic (exact) mass is 327 g/mol. The summed E-state index contributed by atoms with van der Waals surface area (Å²) in [5, 5.41) is 0.928. The van der Waals surface area contributed by atoms with Crippen molar-refractivity contribution in [1.82, 2.24) is 4.90 Å². The molecule has 1 aromatic rings. The molecule has 4 heteroatoms. The fourth-order valence-electron chi connectivity index (χ4n) is 2.13. The Labute approximate surface area is 122 Å². The van der Waals surface area contributed by atoms with Gasteiger partial charge in [-0.25, -0.2) is 4.39 Å². The Hall–Kier alpha value is -0.900. The summed E-state index contributed by atoms with van der Waals surface area (Å²) >= 11 is 3.37. The molecule has 1 aliphatic carbocycles. The van der Waals surface area contributed by atoms with Crippen LogP contribution < -0.4 is 0 Å². The van der Waals surface area contributed by atoms with Crippen molar-refractivity contribution in [2.75, 3.05) is 5.33 Å². The van der Waals surface area contributed by atoms with Gasteiger partial charge in [0, 0.05) is 29.9 Å². The number of carbonyl (C=O) groups is 1. The first-order chi connectivity index (χ1) is 9.22. The van der Waals surface area contributed by atoms with Crippen LogP contribution in [0.15, 0.2) is 24.3 Å². The van der Waals surface area contributed by atoms with Gasteiger partial charge in [-0.3, -0.25) is 4.79 Å². The van der Waals surface area contributed by atoms with Crippen molar-refractivity contribution in [2.45, 2.75) is 44.7 Å². The lowest BCUT2D eigenvalue weighted by molar-refractivity contribution is -0.132. The molecule has 0 spiro atoms. The van der Waals surface area contributed by atoms with Gasteiger partial charge in [0.1, 0.15) is 5.82 Å².